The van der Waals surface area contributed by atoms with Crippen LogP contribution in [0.25, 0.3) is 0 Å². The molecular formula is H2LaMnOSr. The van der Waals surface area contributed by atoms with Crippen molar-refractivity contribution in [2.45, 2.75) is 0 Å². The van der Waals surface area contributed by atoms with Crippen LogP contribution >= 0.6 is 0 Å². The van der Waals surface area contributed by atoms with Gasteiger partial charge in [0.2, 0.25) is 0 Å². The van der Waals surface area contributed by atoms with Crippen molar-refractivity contribution in [1.82, 2.24) is 0 Å². The largest absolute Gasteiger partial charge is 2.00 e. The SMILES string of the molecule is [H-].[H-].[La].[Mn+2].[O-2].[Sr+2]. The zero-order valence-corrected chi connectivity index (χ0v) is 10.4. The maximum Gasteiger partial charge on any atom is 2.00 e. The van der Waals surface area contributed by atoms with E-state index in [0.29, 0.717) is 0 Å². The molecule has 0 atom stereocenters. The molecule has 0 amide bonds. The predicted molar refractivity (Wildman–Crippen MR) is 8.66 cm³/mol. The van der Waals surface area contributed by atoms with Gasteiger partial charge in [-0.2, -0.15) is 0 Å². The van der Waals surface area contributed by atoms with E-state index in [4.69, 9.17) is 0 Å². The van der Waals surface area contributed by atoms with Gasteiger partial charge in [0.25, 0.3) is 0 Å². The first-order valence-corrected chi connectivity index (χ1v) is 0. The molecule has 2 radical (unpaired) electrons. The minimum atomic E-state index is 0. The number of rotatable bonds is 0. The monoisotopic (exact) mass is 300 g/mol. The van der Waals surface area contributed by atoms with Gasteiger partial charge in [0.15, 0.2) is 0 Å². The smallest absolute Gasteiger partial charge is 2.00 e. The van der Waals surface area contributed by atoms with Crippen molar-refractivity contribution in [2.75, 3.05) is 0 Å². The number of hydrogen-bond acceptors (Lipinski definition) is 0. The summed E-state index contributed by atoms with van der Waals surface area (Å²) in [6.07, 6.45) is 0. The van der Waals surface area contributed by atoms with Crippen molar-refractivity contribution in [3.05, 3.63) is 0 Å². The van der Waals surface area contributed by atoms with Gasteiger partial charge in [-0.05, 0) is 0 Å². The van der Waals surface area contributed by atoms with E-state index in [9.17, 15) is 0 Å². The Hall–Kier alpha value is 3.15. The molecule has 0 aromatic carbocycles. The molecule has 0 saturated heterocycles. The average Bonchev–Trinajstić information content (AvgIpc) is 0. The predicted octanol–water partition coefficient (Wildman–Crippen LogP) is -0.277. The van der Waals surface area contributed by atoms with Crippen molar-refractivity contribution in [3.63, 3.8) is 0 Å². The zero-order valence-electron chi connectivity index (χ0n) is 4.07. The van der Waals surface area contributed by atoms with Gasteiger partial charge >= 0.3 is 62.6 Å². The van der Waals surface area contributed by atoms with Gasteiger partial charge in [0.1, 0.15) is 0 Å². The van der Waals surface area contributed by atoms with Crippen LogP contribution in [-0.2, 0) is 22.5 Å². The van der Waals surface area contributed by atoms with Crippen LogP contribution in [0.5, 0.6) is 0 Å². The first-order valence-electron chi connectivity index (χ1n) is 0. The van der Waals surface area contributed by atoms with E-state index < -0.39 is 0 Å². The van der Waals surface area contributed by atoms with Crippen molar-refractivity contribution in [2.24, 2.45) is 0 Å². The fraction of sp³-hybridized carbons (Fsp3) is 0. The zero-order chi connectivity index (χ0) is 0. The van der Waals surface area contributed by atoms with E-state index in [1.54, 1.807) is 0 Å². The van der Waals surface area contributed by atoms with Crippen molar-refractivity contribution in [3.8, 4) is 0 Å². The Morgan fingerprint density at radius 1 is 1.25 bits per heavy atom. The van der Waals surface area contributed by atoms with E-state index in [1.807, 2.05) is 0 Å². The summed E-state index contributed by atoms with van der Waals surface area (Å²) in [5.74, 6) is 0. The van der Waals surface area contributed by atoms with Gasteiger partial charge in [0.05, 0.1) is 0 Å². The quantitative estimate of drug-likeness (QED) is 0.551. The Balaban J connectivity index is 0. The Morgan fingerprint density at radius 3 is 1.25 bits per heavy atom. The van der Waals surface area contributed by atoms with Gasteiger partial charge in [0, 0.05) is 35.6 Å². The summed E-state index contributed by atoms with van der Waals surface area (Å²) in [6, 6.07) is 0. The molecule has 4 heavy (non-hydrogen) atoms. The van der Waals surface area contributed by atoms with Crippen LogP contribution in [-0.4, -0.2) is 45.5 Å². The Bertz CT molecular complexity index is 13.5. The van der Waals surface area contributed by atoms with E-state index in [2.05, 4.69) is 0 Å². The summed E-state index contributed by atoms with van der Waals surface area (Å²) in [6.45, 7) is 0. The minimum absolute atomic E-state index is 0. The standard InChI is InChI=1S/La.Mn.O.Sr.2H/q;+2;-2;+2;2*-1. The molecular weight excluding hydrogens is 297 g/mol. The normalized spacial score (nSPS) is 0. The molecule has 1 nitrogen and oxygen atoms in total. The van der Waals surface area contributed by atoms with Crippen LogP contribution in [0.2, 0.25) is 0 Å². The second kappa shape index (κ2) is 16.4. The third kappa shape index (κ3) is 8.94. The van der Waals surface area contributed by atoms with Gasteiger partial charge < -0.3 is 8.33 Å². The number of hydrogen-bond donors (Lipinski definition) is 0. The third-order valence-corrected chi connectivity index (χ3v) is 0. The maximum atomic E-state index is 0. The first kappa shape index (κ1) is 27.2. The summed E-state index contributed by atoms with van der Waals surface area (Å²) in [5, 5.41) is 0. The summed E-state index contributed by atoms with van der Waals surface area (Å²) in [7, 11) is 0. The molecule has 0 saturated carbocycles. The molecule has 0 heterocycles. The van der Waals surface area contributed by atoms with Crippen LogP contribution in [0.15, 0.2) is 0 Å². The first-order chi connectivity index (χ1) is 0. The van der Waals surface area contributed by atoms with Crippen molar-refractivity contribution < 1.29 is 61.0 Å². The summed E-state index contributed by atoms with van der Waals surface area (Å²) in [5.41, 5.74) is 0. The molecule has 20 valence electrons. The average molecular weight is 299 g/mol. The molecule has 0 aliphatic rings. The maximum absolute atomic E-state index is 0. The fourth-order valence-electron chi connectivity index (χ4n) is 0. The Labute approximate surface area is 104 Å². The van der Waals surface area contributed by atoms with Gasteiger partial charge in [-0.15, -0.1) is 0 Å². The molecule has 4 heteroatoms. The van der Waals surface area contributed by atoms with Crippen LogP contribution in [0.3, 0.4) is 0 Å². The molecule has 0 spiro atoms. The minimum Gasteiger partial charge on any atom is -2.00 e. The van der Waals surface area contributed by atoms with E-state index >= 15 is 0 Å². The van der Waals surface area contributed by atoms with Crippen molar-refractivity contribution in [1.29, 1.82) is 0 Å². The van der Waals surface area contributed by atoms with E-state index in [0.717, 1.165) is 0 Å². The van der Waals surface area contributed by atoms with Gasteiger partial charge in [-0.25, -0.2) is 0 Å². The van der Waals surface area contributed by atoms with Crippen molar-refractivity contribution >= 4 is 45.5 Å². The molecule has 0 aromatic rings. The topological polar surface area (TPSA) is 28.5 Å². The van der Waals surface area contributed by atoms with Crippen LogP contribution < -0.4 is 0 Å². The third-order valence-electron chi connectivity index (χ3n) is 0. The van der Waals surface area contributed by atoms with Gasteiger partial charge in [-0.1, -0.05) is 0 Å². The molecule has 0 aliphatic carbocycles. The molecule has 0 aliphatic heterocycles. The summed E-state index contributed by atoms with van der Waals surface area (Å²) < 4.78 is 0. The molecule has 0 fully saturated rings. The fourth-order valence-corrected chi connectivity index (χ4v) is 0. The molecule has 0 unspecified atom stereocenters. The second-order valence-electron chi connectivity index (χ2n) is 0. The molecule has 0 aromatic heterocycles. The van der Waals surface area contributed by atoms with Crippen LogP contribution in [0.1, 0.15) is 2.85 Å². The molecule has 0 N–H and O–H groups in total. The molecule has 0 rings (SSSR count). The van der Waals surface area contributed by atoms with E-state index in [1.165, 1.54) is 0 Å². The second-order valence-corrected chi connectivity index (χ2v) is 0. The van der Waals surface area contributed by atoms with Gasteiger partial charge in [-0.3, -0.25) is 0 Å². The summed E-state index contributed by atoms with van der Waals surface area (Å²) in [4.78, 5) is 0. The Morgan fingerprint density at radius 2 is 1.25 bits per heavy atom. The Kier molecular flexibility index (Phi) is 112. The van der Waals surface area contributed by atoms with E-state index in [-0.39, 0.29) is 106 Å². The molecule has 0 bridgehead atoms. The summed E-state index contributed by atoms with van der Waals surface area (Å²) >= 11 is 0. The van der Waals surface area contributed by atoms with Crippen LogP contribution in [0, 0.1) is 35.6 Å². The van der Waals surface area contributed by atoms with Crippen LogP contribution in [0.4, 0.5) is 0 Å².